The highest BCUT2D eigenvalue weighted by Crippen LogP contribution is 2.30. The van der Waals surface area contributed by atoms with Crippen LogP contribution in [0.4, 0.5) is 11.4 Å². The van der Waals surface area contributed by atoms with Crippen LogP contribution in [0.25, 0.3) is 0 Å². The molecule has 0 radical (unpaired) electrons. The lowest BCUT2D eigenvalue weighted by Gasteiger charge is -2.36. The Balaban J connectivity index is 1.22. The van der Waals surface area contributed by atoms with Crippen molar-refractivity contribution < 1.29 is 14.4 Å². The molecule has 34 heavy (non-hydrogen) atoms. The fourth-order valence-corrected chi connectivity index (χ4v) is 5.24. The molecule has 10 heteroatoms. The summed E-state index contributed by atoms with van der Waals surface area (Å²) in [4.78, 5) is 48.8. The second-order valence-electron chi connectivity index (χ2n) is 8.13. The summed E-state index contributed by atoms with van der Waals surface area (Å²) in [6.45, 7) is 3.00. The molecular formula is C24H22ClN5O3S. The van der Waals surface area contributed by atoms with Crippen LogP contribution in [0, 0.1) is 0 Å². The van der Waals surface area contributed by atoms with Crippen molar-refractivity contribution in [1.29, 1.82) is 0 Å². The van der Waals surface area contributed by atoms with Gasteiger partial charge in [0, 0.05) is 50.8 Å². The van der Waals surface area contributed by atoms with E-state index in [-0.39, 0.29) is 24.3 Å². The number of thiophene rings is 1. The molecule has 8 nitrogen and oxygen atoms in total. The fourth-order valence-electron chi connectivity index (χ4n) is 4.30. The van der Waals surface area contributed by atoms with Crippen molar-refractivity contribution in [2.24, 2.45) is 0 Å². The molecule has 2 aliphatic rings. The van der Waals surface area contributed by atoms with E-state index in [1.165, 1.54) is 11.3 Å². The number of carbonyl (C=O) groups excluding carboxylic acids is 3. The van der Waals surface area contributed by atoms with Gasteiger partial charge in [-0.3, -0.25) is 19.4 Å². The number of nitrogens with one attached hydrogen (secondary N) is 1. The molecule has 3 amide bonds. The van der Waals surface area contributed by atoms with Crippen LogP contribution in [0.15, 0.2) is 54.9 Å². The summed E-state index contributed by atoms with van der Waals surface area (Å²) in [5.41, 5.74) is 2.76. The predicted octanol–water partition coefficient (Wildman–Crippen LogP) is 3.35. The summed E-state index contributed by atoms with van der Waals surface area (Å²) in [6.07, 6.45) is 3.52. The summed E-state index contributed by atoms with van der Waals surface area (Å²) in [5, 5.41) is 2.82. The molecule has 0 saturated carbocycles. The van der Waals surface area contributed by atoms with Gasteiger partial charge in [-0.15, -0.1) is 11.3 Å². The molecule has 4 heterocycles. The summed E-state index contributed by atoms with van der Waals surface area (Å²) in [6, 6.07) is 12.6. The number of aromatic nitrogens is 1. The molecule has 2 aliphatic heterocycles. The highest BCUT2D eigenvalue weighted by Gasteiger charge is 2.33. The summed E-state index contributed by atoms with van der Waals surface area (Å²) >= 11 is 7.11. The number of carbonyl (C=O) groups is 3. The molecule has 0 bridgehead atoms. The first-order valence-corrected chi connectivity index (χ1v) is 12.1. The number of amides is 3. The Morgan fingerprint density at radius 1 is 1.03 bits per heavy atom. The second kappa shape index (κ2) is 9.44. The highest BCUT2D eigenvalue weighted by atomic mass is 35.5. The van der Waals surface area contributed by atoms with Gasteiger partial charge in [-0.2, -0.15) is 0 Å². The predicted molar refractivity (Wildman–Crippen MR) is 131 cm³/mol. The van der Waals surface area contributed by atoms with Crippen LogP contribution >= 0.6 is 22.9 Å². The Morgan fingerprint density at radius 3 is 2.50 bits per heavy atom. The quantitative estimate of drug-likeness (QED) is 0.586. The van der Waals surface area contributed by atoms with E-state index in [1.54, 1.807) is 46.5 Å². The first-order chi connectivity index (χ1) is 16.5. The van der Waals surface area contributed by atoms with E-state index >= 15 is 0 Å². The first-order valence-electron chi connectivity index (χ1n) is 10.9. The fraction of sp³-hybridized carbons (Fsp3) is 0.250. The summed E-state index contributed by atoms with van der Waals surface area (Å²) < 4.78 is 0.519. The van der Waals surface area contributed by atoms with Gasteiger partial charge in [0.15, 0.2) is 0 Å². The SMILES string of the molecule is O=C(Nc1cccc2c1C(=O)N(CC(=O)N1CCN(c3ccncc3)CC1)C2)c1ccc(Cl)s1. The van der Waals surface area contributed by atoms with E-state index < -0.39 is 0 Å². The molecule has 5 rings (SSSR count). The number of halogens is 1. The van der Waals surface area contributed by atoms with Crippen molar-refractivity contribution in [3.63, 3.8) is 0 Å². The minimum Gasteiger partial charge on any atom is -0.368 e. The number of benzene rings is 1. The maximum atomic E-state index is 13.2. The van der Waals surface area contributed by atoms with Gasteiger partial charge in [0.05, 0.1) is 20.5 Å². The second-order valence-corrected chi connectivity index (χ2v) is 9.85. The van der Waals surface area contributed by atoms with Gasteiger partial charge in [0.25, 0.3) is 11.8 Å². The Labute approximate surface area is 205 Å². The van der Waals surface area contributed by atoms with Crippen LogP contribution in [0.3, 0.4) is 0 Å². The van der Waals surface area contributed by atoms with Crippen molar-refractivity contribution in [2.75, 3.05) is 42.9 Å². The molecule has 1 N–H and O–H groups in total. The molecular weight excluding hydrogens is 474 g/mol. The standard InChI is InChI=1S/C24H22ClN5O3S/c25-20-5-4-19(34-20)23(32)27-18-3-1-2-16-14-30(24(33)22(16)18)15-21(31)29-12-10-28(11-13-29)17-6-8-26-9-7-17/h1-9H,10-15H2,(H,27,32). The molecule has 0 aliphatic carbocycles. The largest absolute Gasteiger partial charge is 0.368 e. The molecule has 3 aromatic rings. The number of pyridine rings is 1. The third-order valence-electron chi connectivity index (χ3n) is 6.04. The lowest BCUT2D eigenvalue weighted by atomic mass is 10.1. The van der Waals surface area contributed by atoms with E-state index in [0.717, 1.165) is 24.3 Å². The van der Waals surface area contributed by atoms with Gasteiger partial charge in [-0.05, 0) is 35.9 Å². The average molecular weight is 496 g/mol. The number of piperazine rings is 1. The molecule has 174 valence electrons. The summed E-state index contributed by atoms with van der Waals surface area (Å²) in [7, 11) is 0. The first kappa shape index (κ1) is 22.4. The molecule has 1 fully saturated rings. The number of rotatable bonds is 5. The number of fused-ring (bicyclic) bond motifs is 1. The van der Waals surface area contributed by atoms with Crippen molar-refractivity contribution in [3.8, 4) is 0 Å². The zero-order chi connectivity index (χ0) is 23.7. The average Bonchev–Trinajstić information content (AvgIpc) is 3.43. The Morgan fingerprint density at radius 2 is 1.79 bits per heavy atom. The molecule has 0 unspecified atom stereocenters. The van der Waals surface area contributed by atoms with Gasteiger partial charge >= 0.3 is 0 Å². The van der Waals surface area contributed by atoms with Crippen molar-refractivity contribution in [1.82, 2.24) is 14.8 Å². The van der Waals surface area contributed by atoms with Crippen LogP contribution in [0.5, 0.6) is 0 Å². The topological polar surface area (TPSA) is 85.8 Å². The summed E-state index contributed by atoms with van der Waals surface area (Å²) in [5.74, 6) is -0.645. The molecule has 1 saturated heterocycles. The third kappa shape index (κ3) is 4.49. The molecule has 2 aromatic heterocycles. The maximum Gasteiger partial charge on any atom is 0.265 e. The van der Waals surface area contributed by atoms with E-state index in [4.69, 9.17) is 11.6 Å². The van der Waals surface area contributed by atoms with E-state index in [0.29, 0.717) is 40.1 Å². The smallest absolute Gasteiger partial charge is 0.265 e. The van der Waals surface area contributed by atoms with Crippen LogP contribution in [0.1, 0.15) is 25.6 Å². The monoisotopic (exact) mass is 495 g/mol. The van der Waals surface area contributed by atoms with Gasteiger partial charge in [-0.25, -0.2) is 0 Å². The van der Waals surface area contributed by atoms with Crippen LogP contribution < -0.4 is 10.2 Å². The van der Waals surface area contributed by atoms with Crippen LogP contribution in [0.2, 0.25) is 4.34 Å². The molecule has 0 spiro atoms. The normalized spacial score (nSPS) is 15.4. The zero-order valence-electron chi connectivity index (χ0n) is 18.2. The van der Waals surface area contributed by atoms with Crippen molar-refractivity contribution in [2.45, 2.75) is 6.54 Å². The van der Waals surface area contributed by atoms with E-state index in [1.807, 2.05) is 18.2 Å². The van der Waals surface area contributed by atoms with Crippen molar-refractivity contribution in [3.05, 3.63) is 75.2 Å². The van der Waals surface area contributed by atoms with Crippen molar-refractivity contribution >= 4 is 52.0 Å². The highest BCUT2D eigenvalue weighted by molar-refractivity contribution is 7.18. The number of hydrogen-bond acceptors (Lipinski definition) is 6. The lowest BCUT2D eigenvalue weighted by Crippen LogP contribution is -2.51. The maximum absolute atomic E-state index is 13.2. The zero-order valence-corrected chi connectivity index (χ0v) is 19.8. The van der Waals surface area contributed by atoms with E-state index in [2.05, 4.69) is 15.2 Å². The number of nitrogens with zero attached hydrogens (tertiary/aromatic N) is 4. The Hall–Kier alpha value is -3.43. The van der Waals surface area contributed by atoms with Gasteiger partial charge in [0.2, 0.25) is 5.91 Å². The Bertz CT molecular complexity index is 1240. The minimum absolute atomic E-state index is 0.0106. The molecule has 0 atom stereocenters. The lowest BCUT2D eigenvalue weighted by molar-refractivity contribution is -0.132. The van der Waals surface area contributed by atoms with Gasteiger partial charge in [-0.1, -0.05) is 23.7 Å². The van der Waals surface area contributed by atoms with Crippen LogP contribution in [-0.4, -0.2) is 65.2 Å². The van der Waals surface area contributed by atoms with Crippen LogP contribution in [-0.2, 0) is 11.3 Å². The third-order valence-corrected chi connectivity index (χ3v) is 7.27. The Kier molecular flexibility index (Phi) is 6.21. The van der Waals surface area contributed by atoms with Gasteiger partial charge < -0.3 is 20.0 Å². The number of hydrogen-bond donors (Lipinski definition) is 1. The van der Waals surface area contributed by atoms with Gasteiger partial charge in [0.1, 0.15) is 6.54 Å². The minimum atomic E-state index is -0.320. The number of anilines is 2. The molecule has 1 aromatic carbocycles. The van der Waals surface area contributed by atoms with E-state index in [9.17, 15) is 14.4 Å².